The number of allylic oxidation sites excluding steroid dienone is 2. The van der Waals surface area contributed by atoms with Crippen LogP contribution >= 0.6 is 0 Å². The smallest absolute Gasteiger partial charge is 0.180 e. The van der Waals surface area contributed by atoms with Crippen molar-refractivity contribution in [3.8, 4) is 0 Å². The van der Waals surface area contributed by atoms with E-state index in [0.29, 0.717) is 6.61 Å². The van der Waals surface area contributed by atoms with Crippen LogP contribution in [0.4, 0.5) is 0 Å². The molecule has 0 unspecified atom stereocenters. The van der Waals surface area contributed by atoms with Crippen LogP contribution in [-0.2, 0) is 11.8 Å². The van der Waals surface area contributed by atoms with Crippen LogP contribution in [0.5, 0.6) is 0 Å². The highest BCUT2D eigenvalue weighted by atomic mass is 16.5. The van der Waals surface area contributed by atoms with Gasteiger partial charge in [0.05, 0.1) is 5.56 Å². The Kier molecular flexibility index (Phi) is 2.41. The Labute approximate surface area is 100 Å². The van der Waals surface area contributed by atoms with Crippen molar-refractivity contribution in [3.05, 3.63) is 60.5 Å². The standard InChI is InChI=1S/C15H14NO/c1-16-10-12-6-2-3-7-13(12)14(11-16)15-8-4-5-9-17-15/h2-8,10-11H,9H2,1H3/q+1. The summed E-state index contributed by atoms with van der Waals surface area (Å²) in [6, 6.07) is 8.37. The predicted molar refractivity (Wildman–Crippen MR) is 68.2 cm³/mol. The summed E-state index contributed by atoms with van der Waals surface area (Å²) in [4.78, 5) is 0. The molecule has 0 amide bonds. The quantitative estimate of drug-likeness (QED) is 0.679. The van der Waals surface area contributed by atoms with Gasteiger partial charge in [-0.25, -0.2) is 4.57 Å². The average Bonchev–Trinajstić information content (AvgIpc) is 2.39. The van der Waals surface area contributed by atoms with Crippen molar-refractivity contribution >= 4 is 16.5 Å². The van der Waals surface area contributed by atoms with Crippen LogP contribution in [0.25, 0.3) is 16.5 Å². The minimum Gasteiger partial charge on any atom is -0.489 e. The predicted octanol–water partition coefficient (Wildman–Crippen LogP) is 2.59. The van der Waals surface area contributed by atoms with Gasteiger partial charge in [0.1, 0.15) is 19.4 Å². The van der Waals surface area contributed by atoms with E-state index in [1.165, 1.54) is 10.8 Å². The molecule has 0 spiro atoms. The molecule has 0 N–H and O–H groups in total. The molecule has 2 aromatic rings. The van der Waals surface area contributed by atoms with Gasteiger partial charge in [0.25, 0.3) is 0 Å². The molecule has 17 heavy (non-hydrogen) atoms. The molecule has 1 aromatic heterocycles. The lowest BCUT2D eigenvalue weighted by Crippen LogP contribution is -2.27. The number of nitrogens with zero attached hydrogens (tertiary/aromatic N) is 1. The molecule has 0 fully saturated rings. The second-order valence-electron chi connectivity index (χ2n) is 4.19. The summed E-state index contributed by atoms with van der Waals surface area (Å²) < 4.78 is 7.76. The molecular formula is C15H14NO+. The van der Waals surface area contributed by atoms with E-state index >= 15 is 0 Å². The number of hydrogen-bond donors (Lipinski definition) is 0. The van der Waals surface area contributed by atoms with Gasteiger partial charge in [-0.05, 0) is 18.2 Å². The maximum atomic E-state index is 5.69. The molecule has 0 radical (unpaired) electrons. The largest absolute Gasteiger partial charge is 0.489 e. The Balaban J connectivity index is 2.27. The molecule has 0 saturated carbocycles. The zero-order chi connectivity index (χ0) is 11.7. The topological polar surface area (TPSA) is 13.1 Å². The maximum Gasteiger partial charge on any atom is 0.180 e. The van der Waals surface area contributed by atoms with Crippen molar-refractivity contribution in [2.75, 3.05) is 6.61 Å². The zero-order valence-electron chi connectivity index (χ0n) is 9.76. The normalized spacial score (nSPS) is 14.5. The third kappa shape index (κ3) is 1.82. The molecule has 84 valence electrons. The van der Waals surface area contributed by atoms with Gasteiger partial charge in [-0.2, -0.15) is 0 Å². The van der Waals surface area contributed by atoms with Crippen molar-refractivity contribution in [2.24, 2.45) is 7.05 Å². The molecular weight excluding hydrogens is 210 g/mol. The van der Waals surface area contributed by atoms with E-state index in [2.05, 4.69) is 41.2 Å². The van der Waals surface area contributed by atoms with E-state index in [-0.39, 0.29) is 0 Å². The van der Waals surface area contributed by atoms with E-state index < -0.39 is 0 Å². The Morgan fingerprint density at radius 1 is 1.18 bits per heavy atom. The van der Waals surface area contributed by atoms with Crippen molar-refractivity contribution < 1.29 is 9.30 Å². The Morgan fingerprint density at radius 3 is 2.88 bits per heavy atom. The first-order valence-corrected chi connectivity index (χ1v) is 5.72. The Morgan fingerprint density at radius 2 is 2.06 bits per heavy atom. The number of benzene rings is 1. The first kappa shape index (κ1) is 10.1. The van der Waals surface area contributed by atoms with Crippen LogP contribution in [0, 0.1) is 0 Å². The molecule has 0 saturated heterocycles. The molecule has 3 rings (SSSR count). The fraction of sp³-hybridized carbons (Fsp3) is 0.133. The highest BCUT2D eigenvalue weighted by Gasteiger charge is 2.13. The van der Waals surface area contributed by atoms with Gasteiger partial charge in [-0.1, -0.05) is 24.3 Å². The average molecular weight is 224 g/mol. The number of pyridine rings is 1. The second-order valence-corrected chi connectivity index (χ2v) is 4.19. The molecule has 1 aliphatic heterocycles. The molecule has 2 nitrogen and oxygen atoms in total. The molecule has 0 atom stereocenters. The van der Waals surface area contributed by atoms with Crippen LogP contribution in [0.3, 0.4) is 0 Å². The first-order valence-electron chi connectivity index (χ1n) is 5.72. The summed E-state index contributed by atoms with van der Waals surface area (Å²) in [5, 5.41) is 2.46. The zero-order valence-corrected chi connectivity index (χ0v) is 9.76. The van der Waals surface area contributed by atoms with Crippen LogP contribution in [0.15, 0.2) is 54.9 Å². The monoisotopic (exact) mass is 224 g/mol. The van der Waals surface area contributed by atoms with Crippen LogP contribution < -0.4 is 4.57 Å². The van der Waals surface area contributed by atoms with Crippen LogP contribution in [0.2, 0.25) is 0 Å². The van der Waals surface area contributed by atoms with Crippen LogP contribution in [-0.4, -0.2) is 6.61 Å². The van der Waals surface area contributed by atoms with Crippen molar-refractivity contribution in [1.29, 1.82) is 0 Å². The van der Waals surface area contributed by atoms with Gasteiger partial charge in [0.15, 0.2) is 12.4 Å². The lowest BCUT2D eigenvalue weighted by molar-refractivity contribution is -0.670. The second kappa shape index (κ2) is 4.06. The molecule has 2 heteroatoms. The highest BCUT2D eigenvalue weighted by Crippen LogP contribution is 2.25. The summed E-state index contributed by atoms with van der Waals surface area (Å²) >= 11 is 0. The molecule has 0 aliphatic carbocycles. The maximum absolute atomic E-state index is 5.69. The fourth-order valence-corrected chi connectivity index (χ4v) is 2.15. The highest BCUT2D eigenvalue weighted by molar-refractivity contribution is 5.91. The Bertz CT molecular complexity index is 626. The summed E-state index contributed by atoms with van der Waals surface area (Å²) in [5.41, 5.74) is 1.15. The minimum absolute atomic E-state index is 0.652. The van der Waals surface area contributed by atoms with E-state index in [4.69, 9.17) is 4.74 Å². The van der Waals surface area contributed by atoms with E-state index in [1.54, 1.807) is 0 Å². The van der Waals surface area contributed by atoms with Crippen molar-refractivity contribution in [3.63, 3.8) is 0 Å². The lowest BCUT2D eigenvalue weighted by Gasteiger charge is -2.12. The van der Waals surface area contributed by atoms with Gasteiger partial charge < -0.3 is 4.74 Å². The summed E-state index contributed by atoms with van der Waals surface area (Å²) in [6.45, 7) is 0.652. The number of ether oxygens (including phenoxy) is 1. The van der Waals surface area contributed by atoms with Gasteiger partial charge >= 0.3 is 0 Å². The number of hydrogen-bond acceptors (Lipinski definition) is 1. The van der Waals surface area contributed by atoms with E-state index in [0.717, 1.165) is 11.3 Å². The van der Waals surface area contributed by atoms with Crippen molar-refractivity contribution in [2.45, 2.75) is 0 Å². The van der Waals surface area contributed by atoms with Gasteiger partial charge in [0, 0.05) is 10.8 Å². The van der Waals surface area contributed by atoms with Crippen LogP contribution in [0.1, 0.15) is 5.56 Å². The lowest BCUT2D eigenvalue weighted by atomic mass is 10.1. The van der Waals surface area contributed by atoms with E-state index in [1.807, 2.05) is 25.3 Å². The minimum atomic E-state index is 0.652. The molecule has 2 heterocycles. The fourth-order valence-electron chi connectivity index (χ4n) is 2.15. The summed E-state index contributed by atoms with van der Waals surface area (Å²) in [5.74, 6) is 0.944. The number of aryl methyl sites for hydroxylation is 1. The first-order chi connectivity index (χ1) is 8.34. The Hall–Kier alpha value is -2.09. The number of rotatable bonds is 1. The van der Waals surface area contributed by atoms with Gasteiger partial charge in [-0.15, -0.1) is 0 Å². The van der Waals surface area contributed by atoms with Crippen molar-refractivity contribution in [1.82, 2.24) is 0 Å². The molecule has 1 aliphatic rings. The third-order valence-corrected chi connectivity index (χ3v) is 2.91. The summed E-state index contributed by atoms with van der Waals surface area (Å²) in [7, 11) is 2.04. The number of aromatic nitrogens is 1. The SMILES string of the molecule is C[n+]1cc(C2=CC=CCO2)c2ccccc2c1. The van der Waals surface area contributed by atoms with E-state index in [9.17, 15) is 0 Å². The number of fused-ring (bicyclic) bond motifs is 1. The van der Waals surface area contributed by atoms with Gasteiger partial charge in [0.2, 0.25) is 0 Å². The van der Waals surface area contributed by atoms with Gasteiger partial charge in [-0.3, -0.25) is 0 Å². The molecule has 0 bridgehead atoms. The third-order valence-electron chi connectivity index (χ3n) is 2.91. The summed E-state index contributed by atoms with van der Waals surface area (Å²) in [6.07, 6.45) is 10.3. The molecule has 1 aromatic carbocycles.